The van der Waals surface area contributed by atoms with Crippen molar-refractivity contribution in [1.82, 2.24) is 0 Å². The van der Waals surface area contributed by atoms with Gasteiger partial charge in [-0.2, -0.15) is 0 Å². The minimum Gasteiger partial charge on any atom is -0.310 e. The average molecular weight is 856 g/mol. The van der Waals surface area contributed by atoms with Gasteiger partial charge in [-0.1, -0.05) is 207 Å². The van der Waals surface area contributed by atoms with E-state index in [1.165, 1.54) is 105 Å². The molecule has 1 nitrogen and oxygen atoms in total. The number of benzene rings is 10. The molecule has 0 aromatic heterocycles. The van der Waals surface area contributed by atoms with Crippen LogP contribution >= 0.6 is 0 Å². The van der Waals surface area contributed by atoms with Crippen molar-refractivity contribution < 1.29 is 0 Å². The molecule has 0 bridgehead atoms. The molecule has 0 saturated heterocycles. The minimum absolute atomic E-state index is 0.674. The Labute approximate surface area is 394 Å². The van der Waals surface area contributed by atoms with Gasteiger partial charge in [-0.05, 0) is 162 Å². The highest BCUT2D eigenvalue weighted by Gasteiger charge is 2.48. The Morgan fingerprint density at radius 3 is 1.60 bits per heavy atom. The largest absolute Gasteiger partial charge is 0.310 e. The zero-order valence-corrected chi connectivity index (χ0v) is 38.1. The van der Waals surface area contributed by atoms with E-state index in [1.807, 2.05) is 6.08 Å². The first kappa shape index (κ1) is 40.3. The van der Waals surface area contributed by atoms with E-state index in [9.17, 15) is 0 Å². The van der Waals surface area contributed by atoms with E-state index in [-0.39, 0.29) is 0 Å². The lowest BCUT2D eigenvalue weighted by Gasteiger charge is -2.35. The molecule has 2 aliphatic carbocycles. The van der Waals surface area contributed by atoms with Crippen molar-refractivity contribution in [1.29, 1.82) is 0 Å². The quantitative estimate of drug-likeness (QED) is 0.131. The molecule has 67 heavy (non-hydrogen) atoms. The molecule has 0 saturated carbocycles. The number of allylic oxidation sites excluding steroid dienone is 4. The van der Waals surface area contributed by atoms with Crippen LogP contribution in [0.4, 0.5) is 11.4 Å². The molecule has 10 aromatic carbocycles. The molecule has 0 heterocycles. The standard InChI is InChI=1S/C66H49N/c1-5-24-43(3)58(6-2)67(59-38-22-19-25-44(59)4)49-39-40-52-56(41-49)66(47-30-15-9-16-31-47,48-32-17-10-18-33-48)57-42-55-62-53(63(52)57)36-23-37-54(62)64-60(45-26-11-7-12-27-45)50-34-20-21-35-51(50)61(65(55)64)46-28-13-8-14-29-46/h5-42H,2H2,1,3-4H3/b24-5-,58-43+. The summed E-state index contributed by atoms with van der Waals surface area (Å²) < 4.78 is 0. The molecule has 0 spiro atoms. The highest BCUT2D eigenvalue weighted by molar-refractivity contribution is 6.29. The maximum absolute atomic E-state index is 4.41. The molecule has 10 aromatic rings. The molecule has 0 fully saturated rings. The minimum atomic E-state index is -0.674. The summed E-state index contributed by atoms with van der Waals surface area (Å²) in [5.74, 6) is 0. The summed E-state index contributed by atoms with van der Waals surface area (Å²) in [4.78, 5) is 2.41. The Morgan fingerprint density at radius 2 is 1.01 bits per heavy atom. The fourth-order valence-corrected chi connectivity index (χ4v) is 11.8. The second kappa shape index (κ2) is 16.0. The molecule has 0 aliphatic heterocycles. The summed E-state index contributed by atoms with van der Waals surface area (Å²) in [5.41, 5.74) is 22.7. The summed E-state index contributed by atoms with van der Waals surface area (Å²) in [6.07, 6.45) is 6.30. The number of hydrogen-bond donors (Lipinski definition) is 0. The molecule has 0 atom stereocenters. The maximum Gasteiger partial charge on any atom is 0.0714 e. The van der Waals surface area contributed by atoms with Crippen molar-refractivity contribution in [3.8, 4) is 55.6 Å². The lowest BCUT2D eigenvalue weighted by atomic mass is 9.67. The van der Waals surface area contributed by atoms with Gasteiger partial charge in [0, 0.05) is 17.1 Å². The number of rotatable bonds is 9. The van der Waals surface area contributed by atoms with E-state index >= 15 is 0 Å². The van der Waals surface area contributed by atoms with Crippen LogP contribution in [-0.2, 0) is 5.41 Å². The van der Waals surface area contributed by atoms with E-state index in [4.69, 9.17) is 0 Å². The van der Waals surface area contributed by atoms with Crippen LogP contribution in [0, 0.1) is 6.92 Å². The molecule has 0 amide bonds. The van der Waals surface area contributed by atoms with Gasteiger partial charge in [-0.15, -0.1) is 0 Å². The average Bonchev–Trinajstić information content (AvgIpc) is 3.87. The Morgan fingerprint density at radius 1 is 0.478 bits per heavy atom. The third-order valence-electron chi connectivity index (χ3n) is 14.4. The van der Waals surface area contributed by atoms with Crippen LogP contribution in [0.5, 0.6) is 0 Å². The Balaban J connectivity index is 1.25. The van der Waals surface area contributed by atoms with Crippen molar-refractivity contribution in [3.05, 3.63) is 276 Å². The fraction of sp³-hybridized carbons (Fsp3) is 0.0606. The number of fused-ring (bicyclic) bond motifs is 8. The SMILES string of the molecule is C=C/C(=C(C)\C=C/C)N(c1ccc2c(c1)C(c1ccccc1)(c1ccccc1)c1cc3c4c(cccc4c1-2)-c1c-3c(-c2ccccc2)c2ccccc2c1-c1ccccc1)c1ccccc1C. The van der Waals surface area contributed by atoms with E-state index in [0.717, 1.165) is 22.6 Å². The van der Waals surface area contributed by atoms with Crippen LogP contribution in [0.2, 0.25) is 0 Å². The van der Waals surface area contributed by atoms with Crippen LogP contribution in [0.3, 0.4) is 0 Å². The Kier molecular flexibility index (Phi) is 9.62. The zero-order valence-electron chi connectivity index (χ0n) is 38.1. The smallest absolute Gasteiger partial charge is 0.0714 e. The van der Waals surface area contributed by atoms with E-state index in [0.29, 0.717) is 0 Å². The van der Waals surface area contributed by atoms with Gasteiger partial charge in [-0.3, -0.25) is 0 Å². The molecule has 2 aliphatic rings. The van der Waals surface area contributed by atoms with E-state index in [1.54, 1.807) is 0 Å². The second-order valence-electron chi connectivity index (χ2n) is 18.0. The van der Waals surface area contributed by atoms with Gasteiger partial charge in [-0.25, -0.2) is 0 Å². The Hall–Kier alpha value is -8.26. The second-order valence-corrected chi connectivity index (χ2v) is 18.0. The predicted octanol–water partition coefficient (Wildman–Crippen LogP) is 17.8. The zero-order chi connectivity index (χ0) is 45.2. The number of hydrogen-bond acceptors (Lipinski definition) is 1. The van der Waals surface area contributed by atoms with Gasteiger partial charge in [0.25, 0.3) is 0 Å². The molecule has 318 valence electrons. The lowest BCUT2D eigenvalue weighted by Crippen LogP contribution is -2.29. The summed E-state index contributed by atoms with van der Waals surface area (Å²) in [6, 6.07) is 79.2. The van der Waals surface area contributed by atoms with E-state index in [2.05, 4.69) is 257 Å². The van der Waals surface area contributed by atoms with Crippen LogP contribution in [0.25, 0.3) is 77.2 Å². The molecule has 0 N–H and O–H groups in total. The molecular weight excluding hydrogens is 807 g/mol. The molecule has 1 heteroatoms. The van der Waals surface area contributed by atoms with Gasteiger partial charge < -0.3 is 4.90 Å². The van der Waals surface area contributed by atoms with Gasteiger partial charge >= 0.3 is 0 Å². The highest BCUT2D eigenvalue weighted by atomic mass is 15.1. The topological polar surface area (TPSA) is 3.24 Å². The first-order valence-electron chi connectivity index (χ1n) is 23.4. The van der Waals surface area contributed by atoms with Gasteiger partial charge in [0.1, 0.15) is 0 Å². The third kappa shape index (κ3) is 5.94. The summed E-state index contributed by atoms with van der Waals surface area (Å²) in [5, 5.41) is 5.11. The molecule has 12 rings (SSSR count). The van der Waals surface area contributed by atoms with Crippen molar-refractivity contribution in [3.63, 3.8) is 0 Å². The first-order chi connectivity index (χ1) is 33.0. The van der Waals surface area contributed by atoms with Crippen LogP contribution < -0.4 is 4.90 Å². The number of nitrogens with zero attached hydrogens (tertiary/aromatic N) is 1. The molecule has 0 radical (unpaired) electrons. The summed E-state index contributed by atoms with van der Waals surface area (Å²) >= 11 is 0. The number of aryl methyl sites for hydroxylation is 1. The Bertz CT molecular complexity index is 3610. The number of anilines is 2. The lowest BCUT2D eigenvalue weighted by molar-refractivity contribution is 0.769. The number of para-hydroxylation sites is 1. The van der Waals surface area contributed by atoms with Crippen molar-refractivity contribution >= 4 is 32.9 Å². The summed E-state index contributed by atoms with van der Waals surface area (Å²) in [7, 11) is 0. The van der Waals surface area contributed by atoms with E-state index < -0.39 is 5.41 Å². The van der Waals surface area contributed by atoms with Crippen molar-refractivity contribution in [2.24, 2.45) is 0 Å². The van der Waals surface area contributed by atoms with Crippen molar-refractivity contribution in [2.45, 2.75) is 26.2 Å². The van der Waals surface area contributed by atoms with Gasteiger partial charge in [0.2, 0.25) is 0 Å². The summed E-state index contributed by atoms with van der Waals surface area (Å²) in [6.45, 7) is 10.9. The molecular formula is C66H49N. The first-order valence-corrected chi connectivity index (χ1v) is 23.4. The van der Waals surface area contributed by atoms with Gasteiger partial charge in [0.05, 0.1) is 5.41 Å². The monoisotopic (exact) mass is 855 g/mol. The highest BCUT2D eigenvalue weighted by Crippen LogP contribution is 2.64. The third-order valence-corrected chi connectivity index (χ3v) is 14.4. The van der Waals surface area contributed by atoms with Gasteiger partial charge in [0.15, 0.2) is 0 Å². The van der Waals surface area contributed by atoms with Crippen LogP contribution in [0.15, 0.2) is 248 Å². The fourth-order valence-electron chi connectivity index (χ4n) is 11.8. The van der Waals surface area contributed by atoms with Crippen molar-refractivity contribution in [2.75, 3.05) is 4.90 Å². The van der Waals surface area contributed by atoms with Crippen LogP contribution in [-0.4, -0.2) is 0 Å². The predicted molar refractivity (Wildman–Crippen MR) is 285 cm³/mol. The molecule has 0 unspecified atom stereocenters. The normalized spacial score (nSPS) is 13.4. The maximum atomic E-state index is 4.41. The van der Waals surface area contributed by atoms with Crippen LogP contribution in [0.1, 0.15) is 41.7 Å².